The van der Waals surface area contributed by atoms with Crippen LogP contribution in [0.15, 0.2) is 72.9 Å². The molecule has 7 heteroatoms. The van der Waals surface area contributed by atoms with E-state index < -0.39 is 0 Å². The lowest BCUT2D eigenvalue weighted by molar-refractivity contribution is 0.102. The molecule has 2 heterocycles. The summed E-state index contributed by atoms with van der Waals surface area (Å²) in [7, 11) is 1.56. The highest BCUT2D eigenvalue weighted by atomic mass is 35.5. The number of aromatic nitrogens is 2. The maximum Gasteiger partial charge on any atom is 0.257 e. The van der Waals surface area contributed by atoms with Crippen molar-refractivity contribution in [1.29, 1.82) is 0 Å². The standard InChI is InChI=1S/C23H18ClN3O3/c1-29-16-10-11-21(25-13-16)27-23(28)18-12-22(26-20-9-5-3-7-17(18)20)30-14-15-6-2-4-8-19(15)24/h2-13H,14H2,1H3,(H,25,27,28). The van der Waals surface area contributed by atoms with E-state index in [-0.39, 0.29) is 12.5 Å². The third-order valence-corrected chi connectivity index (χ3v) is 4.85. The van der Waals surface area contributed by atoms with Gasteiger partial charge in [-0.1, -0.05) is 48.0 Å². The van der Waals surface area contributed by atoms with Crippen molar-refractivity contribution in [1.82, 2.24) is 9.97 Å². The van der Waals surface area contributed by atoms with Gasteiger partial charge in [0.25, 0.3) is 5.91 Å². The van der Waals surface area contributed by atoms with Gasteiger partial charge in [-0.05, 0) is 24.3 Å². The zero-order valence-electron chi connectivity index (χ0n) is 16.1. The van der Waals surface area contributed by atoms with E-state index >= 15 is 0 Å². The van der Waals surface area contributed by atoms with Crippen molar-refractivity contribution in [3.05, 3.63) is 89.1 Å². The number of fused-ring (bicyclic) bond motifs is 1. The third kappa shape index (κ3) is 4.34. The second kappa shape index (κ2) is 8.80. The maximum atomic E-state index is 13.0. The summed E-state index contributed by atoms with van der Waals surface area (Å²) in [5.74, 6) is 1.05. The average molecular weight is 420 g/mol. The number of rotatable bonds is 6. The molecule has 30 heavy (non-hydrogen) atoms. The fraction of sp³-hybridized carbons (Fsp3) is 0.0870. The monoisotopic (exact) mass is 419 g/mol. The highest BCUT2D eigenvalue weighted by Crippen LogP contribution is 2.25. The molecule has 1 N–H and O–H groups in total. The molecule has 0 saturated heterocycles. The molecule has 6 nitrogen and oxygen atoms in total. The second-order valence-electron chi connectivity index (χ2n) is 6.44. The minimum absolute atomic E-state index is 0.242. The first-order valence-corrected chi connectivity index (χ1v) is 9.59. The van der Waals surface area contributed by atoms with Crippen molar-refractivity contribution < 1.29 is 14.3 Å². The van der Waals surface area contributed by atoms with E-state index in [1.807, 2.05) is 42.5 Å². The molecule has 0 aliphatic heterocycles. The predicted octanol–water partition coefficient (Wildman–Crippen LogP) is 5.12. The molecule has 4 aromatic rings. The minimum atomic E-state index is -0.311. The summed E-state index contributed by atoms with van der Waals surface area (Å²) in [6.45, 7) is 0.242. The lowest BCUT2D eigenvalue weighted by atomic mass is 10.1. The molecule has 0 radical (unpaired) electrons. The normalized spacial score (nSPS) is 10.6. The number of nitrogens with zero attached hydrogens (tertiary/aromatic N) is 2. The van der Waals surface area contributed by atoms with Crippen molar-refractivity contribution in [2.24, 2.45) is 0 Å². The van der Waals surface area contributed by atoms with Crippen molar-refractivity contribution >= 4 is 34.2 Å². The molecule has 0 bridgehead atoms. The van der Waals surface area contributed by atoms with Crippen molar-refractivity contribution in [3.8, 4) is 11.6 Å². The van der Waals surface area contributed by atoms with Gasteiger partial charge in [0.05, 0.1) is 24.4 Å². The van der Waals surface area contributed by atoms with Crippen LogP contribution in [0.4, 0.5) is 5.82 Å². The van der Waals surface area contributed by atoms with Crippen LogP contribution < -0.4 is 14.8 Å². The number of halogens is 1. The molecule has 1 amide bonds. The zero-order chi connectivity index (χ0) is 20.9. The van der Waals surface area contributed by atoms with Gasteiger partial charge in [-0.2, -0.15) is 0 Å². The molecule has 0 spiro atoms. The van der Waals surface area contributed by atoms with Gasteiger partial charge in [-0.3, -0.25) is 4.79 Å². The molecular formula is C23H18ClN3O3. The Balaban J connectivity index is 1.62. The summed E-state index contributed by atoms with van der Waals surface area (Å²) >= 11 is 6.20. The number of anilines is 1. The van der Waals surface area contributed by atoms with Gasteiger partial charge in [0.15, 0.2) is 0 Å². The lowest BCUT2D eigenvalue weighted by Crippen LogP contribution is -2.14. The molecule has 4 rings (SSSR count). The van der Waals surface area contributed by atoms with E-state index in [9.17, 15) is 4.79 Å². The Morgan fingerprint density at radius 2 is 1.87 bits per heavy atom. The smallest absolute Gasteiger partial charge is 0.257 e. The van der Waals surface area contributed by atoms with E-state index in [1.165, 1.54) is 0 Å². The number of hydrogen-bond acceptors (Lipinski definition) is 5. The fourth-order valence-corrected chi connectivity index (χ4v) is 3.13. The molecule has 0 aliphatic rings. The number of methoxy groups -OCH3 is 1. The van der Waals surface area contributed by atoms with Crippen LogP contribution in [0.1, 0.15) is 15.9 Å². The summed E-state index contributed by atoms with van der Waals surface area (Å²) in [5, 5.41) is 4.13. The Labute approximate surface area is 178 Å². The van der Waals surface area contributed by atoms with Gasteiger partial charge in [-0.25, -0.2) is 9.97 Å². The van der Waals surface area contributed by atoms with E-state index in [1.54, 1.807) is 37.6 Å². The summed E-state index contributed by atoms with van der Waals surface area (Å²) in [4.78, 5) is 21.7. The SMILES string of the molecule is COc1ccc(NC(=O)c2cc(OCc3ccccc3Cl)nc3ccccc23)nc1. The highest BCUT2D eigenvalue weighted by Gasteiger charge is 2.15. The Morgan fingerprint density at radius 3 is 2.63 bits per heavy atom. The molecular weight excluding hydrogens is 402 g/mol. The van der Waals surface area contributed by atoms with Crippen LogP contribution in [0.25, 0.3) is 10.9 Å². The van der Waals surface area contributed by atoms with Crippen LogP contribution in [-0.2, 0) is 6.61 Å². The van der Waals surface area contributed by atoms with Crippen LogP contribution in [0.3, 0.4) is 0 Å². The number of carbonyl (C=O) groups excluding carboxylic acids is 1. The van der Waals surface area contributed by atoms with Crippen LogP contribution in [-0.4, -0.2) is 23.0 Å². The molecule has 150 valence electrons. The number of pyridine rings is 2. The van der Waals surface area contributed by atoms with Crippen LogP contribution in [0.5, 0.6) is 11.6 Å². The van der Waals surface area contributed by atoms with E-state index in [2.05, 4.69) is 15.3 Å². The molecule has 0 fully saturated rings. The van der Waals surface area contributed by atoms with E-state index in [4.69, 9.17) is 21.1 Å². The Morgan fingerprint density at radius 1 is 1.07 bits per heavy atom. The molecule has 0 atom stereocenters. The summed E-state index contributed by atoms with van der Waals surface area (Å²) in [6.07, 6.45) is 1.54. The number of benzene rings is 2. The molecule has 2 aromatic heterocycles. The predicted molar refractivity (Wildman–Crippen MR) is 116 cm³/mol. The zero-order valence-corrected chi connectivity index (χ0v) is 16.9. The Kier molecular flexibility index (Phi) is 5.77. The second-order valence-corrected chi connectivity index (χ2v) is 6.85. The van der Waals surface area contributed by atoms with Crippen LogP contribution in [0, 0.1) is 0 Å². The van der Waals surface area contributed by atoms with Gasteiger partial charge in [0, 0.05) is 22.0 Å². The summed E-state index contributed by atoms with van der Waals surface area (Å²) < 4.78 is 10.9. The molecule has 2 aromatic carbocycles. The third-order valence-electron chi connectivity index (χ3n) is 4.48. The van der Waals surface area contributed by atoms with Crippen molar-refractivity contribution in [2.45, 2.75) is 6.61 Å². The first kappa shape index (κ1) is 19.7. The number of nitrogens with one attached hydrogen (secondary N) is 1. The Bertz CT molecular complexity index is 1200. The van der Waals surface area contributed by atoms with Crippen molar-refractivity contribution in [3.63, 3.8) is 0 Å². The number of amides is 1. The lowest BCUT2D eigenvalue weighted by Gasteiger charge is -2.12. The largest absolute Gasteiger partial charge is 0.495 e. The molecule has 0 saturated carbocycles. The van der Waals surface area contributed by atoms with Gasteiger partial charge < -0.3 is 14.8 Å². The number of hydrogen-bond donors (Lipinski definition) is 1. The number of ether oxygens (including phenoxy) is 2. The van der Waals surface area contributed by atoms with Gasteiger partial charge in [-0.15, -0.1) is 0 Å². The first-order chi connectivity index (χ1) is 14.6. The number of para-hydroxylation sites is 1. The highest BCUT2D eigenvalue weighted by molar-refractivity contribution is 6.31. The van der Waals surface area contributed by atoms with Crippen LogP contribution >= 0.6 is 11.6 Å². The quantitative estimate of drug-likeness (QED) is 0.469. The fourth-order valence-electron chi connectivity index (χ4n) is 2.94. The maximum absolute atomic E-state index is 13.0. The first-order valence-electron chi connectivity index (χ1n) is 9.21. The average Bonchev–Trinajstić information content (AvgIpc) is 2.78. The molecule has 0 aliphatic carbocycles. The topological polar surface area (TPSA) is 73.3 Å². The minimum Gasteiger partial charge on any atom is -0.495 e. The van der Waals surface area contributed by atoms with Gasteiger partial charge >= 0.3 is 0 Å². The Hall–Kier alpha value is -3.64. The summed E-state index contributed by atoms with van der Waals surface area (Å²) in [6, 6.07) is 19.8. The number of carbonyl (C=O) groups is 1. The van der Waals surface area contributed by atoms with Gasteiger partial charge in [0.1, 0.15) is 18.2 Å². The van der Waals surface area contributed by atoms with Crippen molar-refractivity contribution in [2.75, 3.05) is 12.4 Å². The summed E-state index contributed by atoms with van der Waals surface area (Å²) in [5.41, 5.74) is 1.93. The van der Waals surface area contributed by atoms with Gasteiger partial charge in [0.2, 0.25) is 5.88 Å². The van der Waals surface area contributed by atoms with E-state index in [0.717, 1.165) is 5.56 Å². The van der Waals surface area contributed by atoms with Crippen LogP contribution in [0.2, 0.25) is 5.02 Å². The van der Waals surface area contributed by atoms with E-state index in [0.29, 0.717) is 38.9 Å². The molecule has 0 unspecified atom stereocenters.